The van der Waals surface area contributed by atoms with Crippen LogP contribution in [0.4, 0.5) is 0 Å². The average Bonchev–Trinajstić information content (AvgIpc) is 2.56. The van der Waals surface area contributed by atoms with Crippen molar-refractivity contribution in [2.75, 3.05) is 7.11 Å². The molecule has 0 radical (unpaired) electrons. The summed E-state index contributed by atoms with van der Waals surface area (Å²) in [5, 5.41) is 11.1. The highest BCUT2D eigenvalue weighted by Crippen LogP contribution is 2.56. The van der Waals surface area contributed by atoms with Crippen LogP contribution in [0.2, 0.25) is 0 Å². The summed E-state index contributed by atoms with van der Waals surface area (Å²) in [6, 6.07) is 0. The van der Waals surface area contributed by atoms with Gasteiger partial charge in [0.2, 0.25) is 0 Å². The Bertz CT molecular complexity index is 326. The molecule has 0 spiro atoms. The summed E-state index contributed by atoms with van der Waals surface area (Å²) < 4.78 is 5.77. The van der Waals surface area contributed by atoms with Gasteiger partial charge in [0, 0.05) is 7.11 Å². The fourth-order valence-corrected chi connectivity index (χ4v) is 3.56. The van der Waals surface area contributed by atoms with Crippen LogP contribution in [0.5, 0.6) is 0 Å². The van der Waals surface area contributed by atoms with Crippen LogP contribution in [0.25, 0.3) is 0 Å². The predicted octanol–water partition coefficient (Wildman–Crippen LogP) is 2.91. The van der Waals surface area contributed by atoms with E-state index in [2.05, 4.69) is 33.8 Å². The molecule has 2 heteroatoms. The molecular weight excluding hydrogens is 200 g/mol. The highest BCUT2D eigenvalue weighted by atomic mass is 16.5. The lowest BCUT2D eigenvalue weighted by molar-refractivity contribution is -0.190. The van der Waals surface area contributed by atoms with Crippen molar-refractivity contribution in [3.63, 3.8) is 0 Å². The SMILES string of the molecule is CO[C@@]12CC[C@@H](C1)C(C)=C[C@@]2(O)C(C)(C)C. The molecule has 1 fully saturated rings. The van der Waals surface area contributed by atoms with Crippen LogP contribution in [-0.2, 0) is 4.74 Å². The van der Waals surface area contributed by atoms with E-state index in [9.17, 15) is 5.11 Å². The Morgan fingerprint density at radius 3 is 2.56 bits per heavy atom. The minimum atomic E-state index is -0.841. The molecule has 92 valence electrons. The van der Waals surface area contributed by atoms with Crippen LogP contribution in [0.3, 0.4) is 0 Å². The number of fused-ring (bicyclic) bond motifs is 2. The molecular formula is C14H24O2. The summed E-state index contributed by atoms with van der Waals surface area (Å²) in [5.41, 5.74) is -0.0662. The standard InChI is InChI=1S/C14H24O2/c1-10-8-14(15,12(2,3)4)13(16-5)7-6-11(10)9-13/h8,11,15H,6-7,9H2,1-5H3/t11-,13-,14+/m0/s1. The first-order chi connectivity index (χ1) is 7.26. The van der Waals surface area contributed by atoms with E-state index in [0.29, 0.717) is 5.92 Å². The Morgan fingerprint density at radius 1 is 1.44 bits per heavy atom. The third-order valence-corrected chi connectivity index (χ3v) is 4.78. The first kappa shape index (κ1) is 12.1. The highest BCUT2D eigenvalue weighted by Gasteiger charge is 2.61. The molecule has 2 bridgehead atoms. The summed E-state index contributed by atoms with van der Waals surface area (Å²) in [5.74, 6) is 0.613. The Balaban J connectivity index is 2.54. The van der Waals surface area contributed by atoms with Gasteiger partial charge >= 0.3 is 0 Å². The molecule has 0 aromatic heterocycles. The smallest absolute Gasteiger partial charge is 0.117 e. The number of hydrogen-bond donors (Lipinski definition) is 1. The molecule has 0 unspecified atom stereocenters. The summed E-state index contributed by atoms with van der Waals surface area (Å²) in [4.78, 5) is 0. The zero-order chi connectivity index (χ0) is 12.2. The van der Waals surface area contributed by atoms with Gasteiger partial charge in [-0.3, -0.25) is 0 Å². The van der Waals surface area contributed by atoms with Crippen molar-refractivity contribution in [3.8, 4) is 0 Å². The Labute approximate surface area is 98.7 Å². The Hall–Kier alpha value is -0.340. The predicted molar refractivity (Wildman–Crippen MR) is 65.2 cm³/mol. The number of aliphatic hydroxyl groups is 1. The van der Waals surface area contributed by atoms with Gasteiger partial charge in [-0.1, -0.05) is 32.4 Å². The number of rotatable bonds is 1. The van der Waals surface area contributed by atoms with Crippen molar-refractivity contribution in [2.45, 2.75) is 58.2 Å². The van der Waals surface area contributed by atoms with Crippen molar-refractivity contribution < 1.29 is 9.84 Å². The van der Waals surface area contributed by atoms with Gasteiger partial charge in [0.15, 0.2) is 0 Å². The Kier molecular flexibility index (Phi) is 2.52. The van der Waals surface area contributed by atoms with E-state index in [0.717, 1.165) is 19.3 Å². The quantitative estimate of drug-likeness (QED) is 0.694. The van der Waals surface area contributed by atoms with Crippen LogP contribution in [-0.4, -0.2) is 23.4 Å². The maximum Gasteiger partial charge on any atom is 0.117 e. The van der Waals surface area contributed by atoms with Gasteiger partial charge in [0.1, 0.15) is 11.2 Å². The molecule has 0 aromatic carbocycles. The second-order valence-corrected chi connectivity index (χ2v) is 6.54. The fraction of sp³-hybridized carbons (Fsp3) is 0.857. The molecule has 1 N–H and O–H groups in total. The van der Waals surface area contributed by atoms with E-state index >= 15 is 0 Å². The van der Waals surface area contributed by atoms with Crippen LogP contribution >= 0.6 is 0 Å². The zero-order valence-corrected chi connectivity index (χ0v) is 11.1. The maximum absolute atomic E-state index is 11.1. The van der Waals surface area contributed by atoms with E-state index in [4.69, 9.17) is 4.74 Å². The molecule has 2 nitrogen and oxygen atoms in total. The first-order valence-electron chi connectivity index (χ1n) is 6.23. The molecule has 0 saturated heterocycles. The van der Waals surface area contributed by atoms with Crippen LogP contribution in [0, 0.1) is 11.3 Å². The second-order valence-electron chi connectivity index (χ2n) is 6.54. The minimum absolute atomic E-state index is 0.195. The molecule has 0 aliphatic heterocycles. The topological polar surface area (TPSA) is 29.5 Å². The fourth-order valence-electron chi connectivity index (χ4n) is 3.56. The molecule has 0 heterocycles. The lowest BCUT2D eigenvalue weighted by Gasteiger charge is -2.52. The van der Waals surface area contributed by atoms with Crippen molar-refractivity contribution in [2.24, 2.45) is 11.3 Å². The molecule has 2 aliphatic carbocycles. The van der Waals surface area contributed by atoms with Gasteiger partial charge in [0.25, 0.3) is 0 Å². The normalized spacial score (nSPS) is 43.4. The van der Waals surface area contributed by atoms with E-state index in [1.54, 1.807) is 7.11 Å². The highest BCUT2D eigenvalue weighted by molar-refractivity contribution is 5.30. The summed E-state index contributed by atoms with van der Waals surface area (Å²) in [6.07, 6.45) is 5.15. The van der Waals surface area contributed by atoms with Crippen LogP contribution in [0.15, 0.2) is 11.6 Å². The molecule has 3 atom stereocenters. The van der Waals surface area contributed by atoms with E-state index < -0.39 is 5.60 Å². The van der Waals surface area contributed by atoms with E-state index in [1.165, 1.54) is 5.57 Å². The van der Waals surface area contributed by atoms with Crippen molar-refractivity contribution in [1.29, 1.82) is 0 Å². The average molecular weight is 224 g/mol. The third kappa shape index (κ3) is 1.32. The van der Waals surface area contributed by atoms with E-state index in [1.807, 2.05) is 0 Å². The lowest BCUT2D eigenvalue weighted by atomic mass is 9.62. The van der Waals surface area contributed by atoms with Gasteiger partial charge < -0.3 is 9.84 Å². The van der Waals surface area contributed by atoms with Crippen LogP contribution < -0.4 is 0 Å². The molecule has 2 aliphatic rings. The largest absolute Gasteiger partial charge is 0.382 e. The summed E-state index contributed by atoms with van der Waals surface area (Å²) >= 11 is 0. The molecule has 0 aromatic rings. The van der Waals surface area contributed by atoms with Crippen LogP contribution in [0.1, 0.15) is 47.0 Å². The zero-order valence-electron chi connectivity index (χ0n) is 11.1. The number of methoxy groups -OCH3 is 1. The van der Waals surface area contributed by atoms with Gasteiger partial charge in [0.05, 0.1) is 0 Å². The second kappa shape index (κ2) is 3.33. The number of ether oxygens (including phenoxy) is 1. The van der Waals surface area contributed by atoms with Gasteiger partial charge in [-0.15, -0.1) is 0 Å². The molecule has 16 heavy (non-hydrogen) atoms. The van der Waals surface area contributed by atoms with Crippen molar-refractivity contribution in [3.05, 3.63) is 11.6 Å². The maximum atomic E-state index is 11.1. The summed E-state index contributed by atoms with van der Waals surface area (Å²) in [7, 11) is 1.74. The van der Waals surface area contributed by atoms with Crippen molar-refractivity contribution >= 4 is 0 Å². The van der Waals surface area contributed by atoms with Gasteiger partial charge in [-0.05, 0) is 37.5 Å². The molecule has 2 rings (SSSR count). The van der Waals surface area contributed by atoms with Crippen molar-refractivity contribution in [1.82, 2.24) is 0 Å². The van der Waals surface area contributed by atoms with Gasteiger partial charge in [-0.2, -0.15) is 0 Å². The Morgan fingerprint density at radius 2 is 2.06 bits per heavy atom. The number of allylic oxidation sites excluding steroid dienone is 1. The van der Waals surface area contributed by atoms with E-state index in [-0.39, 0.29) is 11.0 Å². The third-order valence-electron chi connectivity index (χ3n) is 4.78. The monoisotopic (exact) mass is 224 g/mol. The lowest BCUT2D eigenvalue weighted by Crippen LogP contribution is -2.61. The first-order valence-corrected chi connectivity index (χ1v) is 6.23. The molecule has 0 amide bonds. The minimum Gasteiger partial charge on any atom is -0.382 e. The van der Waals surface area contributed by atoms with Gasteiger partial charge in [-0.25, -0.2) is 0 Å². The summed E-state index contributed by atoms with van der Waals surface area (Å²) in [6.45, 7) is 8.43. The number of hydrogen-bond acceptors (Lipinski definition) is 2. The molecule has 1 saturated carbocycles.